The Hall–Kier alpha value is -8.30. The predicted octanol–water partition coefficient (Wildman–Crippen LogP) is 10.6. The zero-order valence-corrected chi connectivity index (χ0v) is 36.5. The third-order valence-electron chi connectivity index (χ3n) is 10.5. The van der Waals surface area contributed by atoms with E-state index in [0.717, 1.165) is 56.6 Å². The smallest absolute Gasteiger partial charge is 0.317 e. The van der Waals surface area contributed by atoms with Crippen LogP contribution in [0.2, 0.25) is 15.1 Å². The molecule has 6 amide bonds. The second kappa shape index (κ2) is 18.8. The van der Waals surface area contributed by atoms with Gasteiger partial charge in [0, 0.05) is 38.4 Å². The van der Waals surface area contributed by atoms with Gasteiger partial charge in [0.05, 0.1) is 31.7 Å². The summed E-state index contributed by atoms with van der Waals surface area (Å²) in [5.74, 6) is 1.24. The van der Waals surface area contributed by atoms with Gasteiger partial charge in [0.15, 0.2) is 23.2 Å². The second-order valence-electron chi connectivity index (χ2n) is 14.8. The summed E-state index contributed by atoms with van der Waals surface area (Å²) in [6.45, 7) is 0. The number of aromatic amines is 3. The zero-order chi connectivity index (χ0) is 46.6. The Morgan fingerprint density at radius 2 is 0.939 bits per heavy atom. The number of nitrogens with two attached hydrogens (primary N) is 3. The molecule has 0 radical (unpaired) electrons. The minimum Gasteiger partial charge on any atom is -0.504 e. The number of amides is 6. The fraction of sp³-hybridized carbons (Fsp3) is 0.0652. The van der Waals surface area contributed by atoms with E-state index in [-0.39, 0.29) is 28.0 Å². The van der Waals surface area contributed by atoms with Gasteiger partial charge in [0.25, 0.3) is 0 Å². The van der Waals surface area contributed by atoms with Gasteiger partial charge in [-0.25, -0.2) is 14.4 Å². The first-order valence-electron chi connectivity index (χ1n) is 19.9. The van der Waals surface area contributed by atoms with E-state index < -0.39 is 18.1 Å². The molecule has 9 aromatic rings. The number of aromatic nitrogens is 6. The number of nitrogens with one attached hydrogen (secondary N) is 6. The lowest BCUT2D eigenvalue weighted by Gasteiger charge is -2.11. The number of aromatic hydroxyl groups is 1. The standard InChI is InChI=1S/C17H15ClN4O.C15H10ClN5O.C14H11ClN4O2/c18-14-11(9-4-2-1-3-5-9)8-12-15(13(14)10-6-7-10)21-22-16(12)20-17(19)23;16-12-9(8-4-2-1-3-5-8)6-10-13(11(12)7-17)20-21-14(10)19-15(18)22;15-10-8(7-4-2-1-3-5-7)6-9-11(12(10)20)18-19-13(9)17-14(16)21/h1-5,8,10H,6-7H2,(H4,19,20,21,22,23);1-6H,(H4,18,19,20,21,22);1-6,20H,(H4,16,17,18,19,21). The van der Waals surface area contributed by atoms with E-state index >= 15 is 0 Å². The number of fused-ring (bicyclic) bond motifs is 3. The van der Waals surface area contributed by atoms with Crippen LogP contribution in [0.3, 0.4) is 0 Å². The van der Waals surface area contributed by atoms with Gasteiger partial charge in [-0.3, -0.25) is 31.2 Å². The van der Waals surface area contributed by atoms with Crippen molar-refractivity contribution in [3.8, 4) is 45.2 Å². The number of H-pyrrole nitrogens is 3. The summed E-state index contributed by atoms with van der Waals surface area (Å²) in [6, 6.07) is 34.1. The molecule has 3 aromatic heterocycles. The van der Waals surface area contributed by atoms with Gasteiger partial charge >= 0.3 is 18.1 Å². The van der Waals surface area contributed by atoms with E-state index in [0.29, 0.717) is 49.7 Å². The molecule has 66 heavy (non-hydrogen) atoms. The number of anilines is 3. The molecule has 0 bridgehead atoms. The Morgan fingerprint density at radius 1 is 0.576 bits per heavy atom. The highest BCUT2D eigenvalue weighted by Gasteiger charge is 2.31. The summed E-state index contributed by atoms with van der Waals surface area (Å²) in [5, 5.41) is 50.6. The first kappa shape index (κ1) is 44.3. The maximum absolute atomic E-state index is 11.2. The fourth-order valence-electron chi connectivity index (χ4n) is 7.39. The average molecular weight is 941 g/mol. The molecule has 10 rings (SSSR count). The molecule has 20 heteroatoms. The number of nitrogens with zero attached hydrogens (tertiary/aromatic N) is 4. The van der Waals surface area contributed by atoms with E-state index in [1.54, 1.807) is 12.1 Å². The molecule has 1 saturated carbocycles. The van der Waals surface area contributed by atoms with Crippen molar-refractivity contribution >= 4 is 103 Å². The van der Waals surface area contributed by atoms with Gasteiger partial charge in [-0.1, -0.05) is 126 Å². The number of phenolic OH excluding ortho intramolecular Hbond substituents is 1. The fourth-order valence-corrected chi connectivity index (χ4v) is 8.36. The molecule has 3 heterocycles. The minimum absolute atomic E-state index is 0.127. The Morgan fingerprint density at radius 3 is 1.35 bits per heavy atom. The molecule has 0 unspecified atom stereocenters. The molecule has 17 nitrogen and oxygen atoms in total. The third kappa shape index (κ3) is 9.05. The third-order valence-corrected chi connectivity index (χ3v) is 11.7. The number of urea groups is 3. The number of primary amides is 3. The summed E-state index contributed by atoms with van der Waals surface area (Å²) in [7, 11) is 0. The SMILES string of the molecule is N#Cc1c(Cl)c(-c2ccccc2)cc2c(NC(N)=O)n[nH]c12.NC(=O)Nc1n[nH]c2c(C3CC3)c(Cl)c(-c3ccccc3)cc12.NC(=O)Nc1n[nH]c2c(O)c(Cl)c(-c3ccccc3)cc12. The molecule has 0 aliphatic heterocycles. The van der Waals surface area contributed by atoms with E-state index in [9.17, 15) is 24.8 Å². The number of rotatable bonds is 7. The van der Waals surface area contributed by atoms with Crippen molar-refractivity contribution in [2.24, 2.45) is 17.2 Å². The summed E-state index contributed by atoms with van der Waals surface area (Å²) in [4.78, 5) is 33.2. The predicted molar refractivity (Wildman–Crippen MR) is 258 cm³/mol. The number of nitriles is 1. The van der Waals surface area contributed by atoms with Crippen LogP contribution in [0.4, 0.5) is 31.8 Å². The summed E-state index contributed by atoms with van der Waals surface area (Å²) in [5.41, 5.74) is 23.5. The zero-order valence-electron chi connectivity index (χ0n) is 34.2. The van der Waals surface area contributed by atoms with Crippen molar-refractivity contribution in [1.29, 1.82) is 5.26 Å². The van der Waals surface area contributed by atoms with Gasteiger partial charge < -0.3 is 22.3 Å². The van der Waals surface area contributed by atoms with Gasteiger partial charge in [0.1, 0.15) is 11.6 Å². The van der Waals surface area contributed by atoms with Crippen molar-refractivity contribution in [1.82, 2.24) is 30.6 Å². The van der Waals surface area contributed by atoms with Crippen molar-refractivity contribution < 1.29 is 19.5 Å². The molecular formula is C46H36Cl3N13O4. The van der Waals surface area contributed by atoms with E-state index in [1.165, 1.54) is 0 Å². The van der Waals surface area contributed by atoms with Crippen molar-refractivity contribution in [3.63, 3.8) is 0 Å². The molecule has 0 saturated heterocycles. The highest BCUT2D eigenvalue weighted by Crippen LogP contribution is 2.50. The molecule has 0 atom stereocenters. The maximum Gasteiger partial charge on any atom is 0.317 e. The highest BCUT2D eigenvalue weighted by atomic mass is 35.5. The molecule has 0 spiro atoms. The topological polar surface area (TPSA) is 295 Å². The van der Waals surface area contributed by atoms with Gasteiger partial charge in [-0.15, -0.1) is 0 Å². The highest BCUT2D eigenvalue weighted by molar-refractivity contribution is 6.37. The second-order valence-corrected chi connectivity index (χ2v) is 15.9. The number of hydrogen-bond acceptors (Lipinski definition) is 8. The Bertz CT molecular complexity index is 3350. The van der Waals surface area contributed by atoms with Crippen LogP contribution in [-0.2, 0) is 0 Å². The van der Waals surface area contributed by atoms with Crippen LogP contribution in [0.1, 0.15) is 29.9 Å². The molecule has 330 valence electrons. The number of hydrogen-bond donors (Lipinski definition) is 10. The van der Waals surface area contributed by atoms with Crippen LogP contribution in [0.5, 0.6) is 5.75 Å². The Balaban J connectivity index is 0.000000135. The van der Waals surface area contributed by atoms with Crippen LogP contribution in [0.25, 0.3) is 66.1 Å². The number of phenols is 1. The van der Waals surface area contributed by atoms with Crippen molar-refractivity contribution in [2.75, 3.05) is 16.0 Å². The first-order valence-corrected chi connectivity index (χ1v) is 21.0. The summed E-state index contributed by atoms with van der Waals surface area (Å²) in [6.07, 6.45) is 2.23. The van der Waals surface area contributed by atoms with Crippen molar-refractivity contribution in [3.05, 3.63) is 135 Å². The maximum atomic E-state index is 11.2. The molecule has 13 N–H and O–H groups in total. The van der Waals surface area contributed by atoms with Crippen LogP contribution in [0, 0.1) is 11.3 Å². The normalized spacial score (nSPS) is 11.8. The van der Waals surface area contributed by atoms with Gasteiger partial charge in [-0.05, 0) is 53.6 Å². The van der Waals surface area contributed by atoms with Gasteiger partial charge in [-0.2, -0.15) is 20.6 Å². The number of carbonyl (C=O) groups excluding carboxylic acids is 3. The van der Waals surface area contributed by atoms with Crippen molar-refractivity contribution in [2.45, 2.75) is 18.8 Å². The lowest BCUT2D eigenvalue weighted by atomic mass is 9.97. The quantitative estimate of drug-likeness (QED) is 0.0731. The lowest BCUT2D eigenvalue weighted by Crippen LogP contribution is -2.19. The molecule has 1 fully saturated rings. The number of halogens is 3. The van der Waals surface area contributed by atoms with Crippen LogP contribution >= 0.6 is 34.8 Å². The van der Waals surface area contributed by atoms with Gasteiger partial charge in [0.2, 0.25) is 0 Å². The van der Waals surface area contributed by atoms with Crippen LogP contribution in [-0.4, -0.2) is 53.8 Å². The van der Waals surface area contributed by atoms with E-state index in [1.807, 2.05) is 97.1 Å². The molecule has 1 aliphatic rings. The van der Waals surface area contributed by atoms with E-state index in [4.69, 9.17) is 52.0 Å². The number of carbonyl (C=O) groups is 3. The summed E-state index contributed by atoms with van der Waals surface area (Å²) >= 11 is 19.3. The summed E-state index contributed by atoms with van der Waals surface area (Å²) < 4.78 is 0. The monoisotopic (exact) mass is 939 g/mol. The lowest BCUT2D eigenvalue weighted by molar-refractivity contribution is 0.258. The largest absolute Gasteiger partial charge is 0.504 e. The first-order chi connectivity index (χ1) is 31.8. The van der Waals surface area contributed by atoms with Crippen LogP contribution < -0.4 is 33.2 Å². The number of benzene rings is 6. The molecule has 1 aliphatic carbocycles. The minimum atomic E-state index is -0.737. The molecular weight excluding hydrogens is 905 g/mol. The average Bonchev–Trinajstić information content (AvgIpc) is 3.79. The Labute approximate surface area is 389 Å². The van der Waals surface area contributed by atoms with Crippen LogP contribution in [0.15, 0.2) is 109 Å². The van der Waals surface area contributed by atoms with E-state index in [2.05, 4.69) is 52.6 Å². The molecule has 6 aromatic carbocycles. The Kier molecular flexibility index (Phi) is 12.6.